The zero-order valence-electron chi connectivity index (χ0n) is 13.1. The summed E-state index contributed by atoms with van der Waals surface area (Å²) in [6.07, 6.45) is 2.60. The number of nitrogens with zero attached hydrogens (tertiary/aromatic N) is 1. The molecule has 1 rings (SSSR count). The van der Waals surface area contributed by atoms with Gasteiger partial charge in [0.2, 0.25) is 15.9 Å². The Bertz CT molecular complexity index is 611. The van der Waals surface area contributed by atoms with E-state index in [0.29, 0.717) is 18.0 Å². The monoisotopic (exact) mass is 326 g/mol. The summed E-state index contributed by atoms with van der Waals surface area (Å²) in [5.74, 6) is 0.252. The minimum absolute atomic E-state index is 0.282. The highest BCUT2D eigenvalue weighted by Crippen LogP contribution is 2.23. The molecule has 0 bridgehead atoms. The zero-order chi connectivity index (χ0) is 16.8. The summed E-state index contributed by atoms with van der Waals surface area (Å²) in [5.41, 5.74) is 0.409. The molecule has 0 saturated heterocycles. The zero-order valence-corrected chi connectivity index (χ0v) is 13.9. The lowest BCUT2D eigenvalue weighted by atomic mass is 10.2. The van der Waals surface area contributed by atoms with Crippen molar-refractivity contribution < 1.29 is 17.9 Å². The fourth-order valence-corrected chi connectivity index (χ4v) is 3.16. The number of anilines is 1. The number of hydrogen-bond donors (Lipinski definition) is 1. The molecule has 1 aromatic rings. The van der Waals surface area contributed by atoms with E-state index >= 15 is 0 Å². The molecule has 0 unspecified atom stereocenters. The summed E-state index contributed by atoms with van der Waals surface area (Å²) < 4.78 is 30.5. The number of sulfonamides is 1. The van der Waals surface area contributed by atoms with Gasteiger partial charge in [0.05, 0.1) is 18.6 Å². The number of rotatable bonds is 8. The van der Waals surface area contributed by atoms with E-state index in [1.807, 2.05) is 6.92 Å². The highest BCUT2D eigenvalue weighted by molar-refractivity contribution is 7.92. The summed E-state index contributed by atoms with van der Waals surface area (Å²) in [5, 5.41) is 2.60. The average Bonchev–Trinajstić information content (AvgIpc) is 2.45. The van der Waals surface area contributed by atoms with Gasteiger partial charge in [0.15, 0.2) is 0 Å². The van der Waals surface area contributed by atoms with Gasteiger partial charge in [0.1, 0.15) is 11.8 Å². The minimum atomic E-state index is -3.61. The summed E-state index contributed by atoms with van der Waals surface area (Å²) in [4.78, 5) is 12.0. The second kappa shape index (κ2) is 7.84. The van der Waals surface area contributed by atoms with Crippen molar-refractivity contribution in [2.75, 3.05) is 23.7 Å². The van der Waals surface area contributed by atoms with Crippen LogP contribution in [0.25, 0.3) is 0 Å². The van der Waals surface area contributed by atoms with Gasteiger partial charge in [-0.05, 0) is 38.1 Å². The third kappa shape index (κ3) is 4.77. The normalized spacial score (nSPS) is 12.3. The maximum atomic E-state index is 12.1. The van der Waals surface area contributed by atoms with E-state index in [1.54, 1.807) is 24.3 Å². The van der Waals surface area contributed by atoms with Gasteiger partial charge in [0.25, 0.3) is 0 Å². The topological polar surface area (TPSA) is 75.7 Å². The summed E-state index contributed by atoms with van der Waals surface area (Å²) >= 11 is 0. The van der Waals surface area contributed by atoms with E-state index in [-0.39, 0.29) is 12.5 Å². The van der Waals surface area contributed by atoms with Crippen LogP contribution < -0.4 is 14.4 Å². The smallest absolute Gasteiger partial charge is 0.243 e. The molecule has 1 aromatic carbocycles. The van der Waals surface area contributed by atoms with E-state index in [4.69, 9.17) is 4.74 Å². The molecule has 122 valence electrons. The molecule has 6 nitrogen and oxygen atoms in total. The number of carbonyl (C=O) groups is 1. The highest BCUT2D eigenvalue weighted by Gasteiger charge is 2.28. The lowest BCUT2D eigenvalue weighted by Gasteiger charge is -2.28. The van der Waals surface area contributed by atoms with Crippen LogP contribution in [0, 0.1) is 0 Å². The number of benzene rings is 1. The van der Waals surface area contributed by atoms with Gasteiger partial charge >= 0.3 is 0 Å². The van der Waals surface area contributed by atoms with E-state index in [1.165, 1.54) is 13.0 Å². The van der Waals surface area contributed by atoms with Gasteiger partial charge in [-0.2, -0.15) is 0 Å². The Balaban J connectivity index is 3.08. The molecule has 0 aliphatic carbocycles. The standard InChI is InChI=1S/C15H22N2O4S/c1-5-11-16-15(18)12(3)17(22(4,19)20)13-7-9-14(10-8-13)21-6-2/h5,7-10,12H,1,6,11H2,2-4H3,(H,16,18)/t12-/m1/s1. The molecule has 0 heterocycles. The molecule has 0 saturated carbocycles. The number of nitrogens with one attached hydrogen (secondary N) is 1. The second-order valence-electron chi connectivity index (χ2n) is 4.70. The Morgan fingerprint density at radius 1 is 1.41 bits per heavy atom. The molecule has 22 heavy (non-hydrogen) atoms. The first-order chi connectivity index (χ1) is 10.3. The first-order valence-electron chi connectivity index (χ1n) is 6.92. The van der Waals surface area contributed by atoms with Crippen LogP contribution in [0.4, 0.5) is 5.69 Å². The molecule has 0 aliphatic heterocycles. The highest BCUT2D eigenvalue weighted by atomic mass is 32.2. The van der Waals surface area contributed by atoms with E-state index < -0.39 is 16.1 Å². The summed E-state index contributed by atoms with van der Waals surface area (Å²) in [6, 6.07) is 5.71. The Hall–Kier alpha value is -2.02. The van der Waals surface area contributed by atoms with Crippen LogP contribution >= 0.6 is 0 Å². The number of ether oxygens (including phenoxy) is 1. The fraction of sp³-hybridized carbons (Fsp3) is 0.400. The van der Waals surface area contributed by atoms with Crippen LogP contribution in [0.15, 0.2) is 36.9 Å². The van der Waals surface area contributed by atoms with Crippen molar-refractivity contribution in [3.8, 4) is 5.75 Å². The Morgan fingerprint density at radius 2 is 2.00 bits per heavy atom. The molecule has 0 fully saturated rings. The maximum absolute atomic E-state index is 12.1. The van der Waals surface area contributed by atoms with Crippen LogP contribution in [0.2, 0.25) is 0 Å². The van der Waals surface area contributed by atoms with E-state index in [0.717, 1.165) is 10.6 Å². The Labute approximate surface area is 131 Å². The molecular formula is C15H22N2O4S. The van der Waals surface area contributed by atoms with Gasteiger partial charge in [-0.3, -0.25) is 9.10 Å². The molecular weight excluding hydrogens is 304 g/mol. The molecule has 0 spiro atoms. The van der Waals surface area contributed by atoms with Gasteiger partial charge in [-0.1, -0.05) is 6.08 Å². The predicted molar refractivity (Wildman–Crippen MR) is 87.6 cm³/mol. The van der Waals surface area contributed by atoms with Gasteiger partial charge in [0, 0.05) is 6.54 Å². The first-order valence-corrected chi connectivity index (χ1v) is 8.77. The second-order valence-corrected chi connectivity index (χ2v) is 6.55. The number of hydrogen-bond acceptors (Lipinski definition) is 4. The SMILES string of the molecule is C=CCNC(=O)[C@@H](C)N(c1ccc(OCC)cc1)S(C)(=O)=O. The van der Waals surface area contributed by atoms with Gasteiger partial charge in [-0.15, -0.1) is 6.58 Å². The third-order valence-electron chi connectivity index (χ3n) is 2.91. The number of amides is 1. The van der Waals surface area contributed by atoms with Crippen LogP contribution in [0.1, 0.15) is 13.8 Å². The number of carbonyl (C=O) groups excluding carboxylic acids is 1. The molecule has 1 atom stereocenters. The molecule has 0 aliphatic rings. The maximum Gasteiger partial charge on any atom is 0.243 e. The van der Waals surface area contributed by atoms with Crippen LogP contribution in [-0.4, -0.2) is 39.8 Å². The molecule has 1 amide bonds. The quantitative estimate of drug-likeness (QED) is 0.735. The lowest BCUT2D eigenvalue weighted by Crippen LogP contribution is -2.47. The largest absolute Gasteiger partial charge is 0.494 e. The fourth-order valence-electron chi connectivity index (χ4n) is 1.99. The third-order valence-corrected chi connectivity index (χ3v) is 4.15. The summed E-state index contributed by atoms with van der Waals surface area (Å²) in [6.45, 7) is 7.72. The van der Waals surface area contributed by atoms with E-state index in [9.17, 15) is 13.2 Å². The van der Waals surface area contributed by atoms with Gasteiger partial charge < -0.3 is 10.1 Å². The predicted octanol–water partition coefficient (Wildman–Crippen LogP) is 1.54. The van der Waals surface area contributed by atoms with Crippen molar-refractivity contribution in [1.29, 1.82) is 0 Å². The van der Waals surface area contributed by atoms with Crippen LogP contribution in [-0.2, 0) is 14.8 Å². The molecule has 0 aromatic heterocycles. The molecule has 7 heteroatoms. The minimum Gasteiger partial charge on any atom is -0.494 e. The van der Waals surface area contributed by atoms with Gasteiger partial charge in [-0.25, -0.2) is 8.42 Å². The Morgan fingerprint density at radius 3 is 2.45 bits per heavy atom. The first kappa shape index (κ1) is 18.0. The van der Waals surface area contributed by atoms with Crippen LogP contribution in [0.3, 0.4) is 0 Å². The van der Waals surface area contributed by atoms with Crippen molar-refractivity contribution >= 4 is 21.6 Å². The lowest BCUT2D eigenvalue weighted by molar-refractivity contribution is -0.121. The molecule has 1 N–H and O–H groups in total. The van der Waals surface area contributed by atoms with Crippen LogP contribution in [0.5, 0.6) is 5.75 Å². The van der Waals surface area contributed by atoms with E-state index in [2.05, 4.69) is 11.9 Å². The Kier molecular flexibility index (Phi) is 6.42. The molecule has 0 radical (unpaired) electrons. The summed E-state index contributed by atoms with van der Waals surface area (Å²) in [7, 11) is -3.61. The van der Waals surface area contributed by atoms with Crippen molar-refractivity contribution in [3.63, 3.8) is 0 Å². The van der Waals surface area contributed by atoms with Crippen molar-refractivity contribution in [1.82, 2.24) is 5.32 Å². The van der Waals surface area contributed by atoms with Crippen molar-refractivity contribution in [2.45, 2.75) is 19.9 Å². The van der Waals surface area contributed by atoms with Crippen molar-refractivity contribution in [3.05, 3.63) is 36.9 Å². The van der Waals surface area contributed by atoms with Crippen molar-refractivity contribution in [2.24, 2.45) is 0 Å². The average molecular weight is 326 g/mol.